The Labute approximate surface area is 423 Å². The van der Waals surface area contributed by atoms with Gasteiger partial charge in [-0.05, 0) is 127 Å². The number of hydrogen-bond donors (Lipinski definition) is 3. The van der Waals surface area contributed by atoms with Crippen LogP contribution in [0.1, 0.15) is 89.0 Å². The van der Waals surface area contributed by atoms with Crippen LogP contribution in [0.3, 0.4) is 0 Å². The zero-order chi connectivity index (χ0) is 51.3. The minimum absolute atomic E-state index is 0.00870. The number of unbranched alkanes of at least 4 members (excludes halogenated alkanes) is 2. The number of non-ortho nitro benzene ring substituents is 1. The quantitative estimate of drug-likeness (QED) is 0.0257. The molecule has 0 saturated heterocycles. The van der Waals surface area contributed by atoms with Gasteiger partial charge in [0.1, 0.15) is 30.0 Å². The third-order valence-electron chi connectivity index (χ3n) is 13.9. The van der Waals surface area contributed by atoms with E-state index < -0.39 is 46.4 Å². The predicted molar refractivity (Wildman–Crippen MR) is 270 cm³/mol. The number of oxime groups is 1. The Morgan fingerprint density at radius 1 is 0.932 bits per heavy atom. The maximum absolute atomic E-state index is 15.4. The number of nitrogens with one attached hydrogen (secondary N) is 1. The number of aliphatic hydroxyl groups is 2. The van der Waals surface area contributed by atoms with Crippen molar-refractivity contribution >= 4 is 23.4 Å². The van der Waals surface area contributed by atoms with E-state index in [2.05, 4.69) is 24.0 Å². The highest BCUT2D eigenvalue weighted by Gasteiger charge is 2.65. The molecule has 5 aromatic rings. The van der Waals surface area contributed by atoms with Crippen LogP contribution in [0.5, 0.6) is 11.5 Å². The molecule has 0 radical (unpaired) electrons. The van der Waals surface area contributed by atoms with Crippen molar-refractivity contribution in [2.75, 3.05) is 19.8 Å². The summed E-state index contributed by atoms with van der Waals surface area (Å²) in [6, 6.07) is 33.9. The molecule has 378 valence electrons. The Balaban J connectivity index is 1.32. The highest BCUT2D eigenvalue weighted by atomic mass is 19.1. The lowest BCUT2D eigenvalue weighted by Gasteiger charge is -2.60. The predicted octanol–water partition coefficient (Wildman–Crippen LogP) is 10.1. The first-order chi connectivity index (χ1) is 35.5. The van der Waals surface area contributed by atoms with E-state index in [4.69, 9.17) is 24.2 Å². The molecule has 16 heteroatoms. The normalized spacial score (nSPS) is 21.0. The number of ether oxygens (including phenoxy) is 3. The zero-order valence-corrected chi connectivity index (χ0v) is 40.3. The second-order valence-corrected chi connectivity index (χ2v) is 18.4. The molecule has 1 fully saturated rings. The molecule has 3 aliphatic rings. The van der Waals surface area contributed by atoms with Gasteiger partial charge in [0.2, 0.25) is 5.79 Å². The number of allylic oxidation sites excluding steroid dienone is 1. The molecule has 0 unspecified atom stereocenters. The molecule has 1 aliphatic heterocycles. The number of hydrogen-bond acceptors (Lipinski definition) is 12. The van der Waals surface area contributed by atoms with Crippen LogP contribution in [-0.4, -0.2) is 69.4 Å². The standard InChI is InChI=1S/C57H58FN5O10/c1-2-30-70-57-52(62(36-40-16-22-44(58)23-17-40)55(66)42-20-14-38(34-59)15-21-42)33-50(61-71-37-41-18-24-45(25-19-41)63(68)69)48-31-43(12-6-8-28-64)47(13-7-9-29-65)53(54(48)57)49-32-46(26-27-51(49)73-57)72-56(67)60-35-39-10-4-3-5-11-39/h2-5,10-11,14-27,31-32,43,47,52-54,64-65H,1,6-9,12-13,28-30,33,35-37H2,(H,60,67)/t43-,47+,52-,53+,54+,57+/m0/s1. The lowest BCUT2D eigenvalue weighted by atomic mass is 9.55. The van der Waals surface area contributed by atoms with Crippen LogP contribution < -0.4 is 14.8 Å². The van der Waals surface area contributed by atoms with Gasteiger partial charge in [-0.15, -0.1) is 6.58 Å². The number of carbonyl (C=O) groups is 2. The van der Waals surface area contributed by atoms with Gasteiger partial charge in [-0.25, -0.2) is 9.18 Å². The smallest absolute Gasteiger partial charge is 0.412 e. The molecule has 8 rings (SSSR count). The molecule has 1 saturated carbocycles. The van der Waals surface area contributed by atoms with E-state index >= 15 is 4.79 Å². The van der Waals surface area contributed by atoms with Crippen LogP contribution >= 0.6 is 0 Å². The van der Waals surface area contributed by atoms with E-state index in [-0.39, 0.29) is 74.8 Å². The molecule has 5 aromatic carbocycles. The van der Waals surface area contributed by atoms with Gasteiger partial charge in [0.05, 0.1) is 34.8 Å². The summed E-state index contributed by atoms with van der Waals surface area (Å²) in [4.78, 5) is 47.6. The lowest BCUT2D eigenvalue weighted by molar-refractivity contribution is -0.384. The number of halogens is 1. The maximum Gasteiger partial charge on any atom is 0.412 e. The van der Waals surface area contributed by atoms with Crippen molar-refractivity contribution in [1.29, 1.82) is 5.26 Å². The molecule has 3 N–H and O–H groups in total. The maximum atomic E-state index is 15.4. The largest absolute Gasteiger partial charge is 0.459 e. The fraction of sp³-hybridized carbons (Fsp3) is 0.333. The first-order valence-electron chi connectivity index (χ1n) is 24.5. The molecule has 0 aromatic heterocycles. The number of benzene rings is 5. The van der Waals surface area contributed by atoms with Crippen LogP contribution in [0.2, 0.25) is 0 Å². The zero-order valence-electron chi connectivity index (χ0n) is 40.3. The summed E-state index contributed by atoms with van der Waals surface area (Å²) in [5.41, 5.74) is 4.61. The van der Waals surface area contributed by atoms with E-state index in [0.717, 1.165) is 16.7 Å². The molecule has 2 amide bonds. The summed E-state index contributed by atoms with van der Waals surface area (Å²) < 4.78 is 35.0. The van der Waals surface area contributed by atoms with Crippen LogP contribution in [0, 0.1) is 45.0 Å². The van der Waals surface area contributed by atoms with Gasteiger partial charge in [0.15, 0.2) is 0 Å². The molecule has 1 heterocycles. The Bertz CT molecular complexity index is 2840. The van der Waals surface area contributed by atoms with E-state index in [1.165, 1.54) is 24.3 Å². The van der Waals surface area contributed by atoms with Crippen LogP contribution in [0.4, 0.5) is 14.9 Å². The van der Waals surface area contributed by atoms with E-state index in [1.54, 1.807) is 71.6 Å². The summed E-state index contributed by atoms with van der Waals surface area (Å²) in [6.45, 7) is 4.14. The summed E-state index contributed by atoms with van der Waals surface area (Å²) in [5.74, 6) is -3.37. The minimum atomic E-state index is -1.68. The number of nitriles is 1. The average Bonchev–Trinajstić information content (AvgIpc) is 3.41. The second-order valence-electron chi connectivity index (χ2n) is 18.4. The topological polar surface area (TPSA) is 206 Å². The van der Waals surface area contributed by atoms with Crippen molar-refractivity contribution < 1.29 is 48.2 Å². The highest BCUT2D eigenvalue weighted by molar-refractivity contribution is 6.03. The molecule has 6 atom stereocenters. The fourth-order valence-electron chi connectivity index (χ4n) is 10.5. The molecular formula is C57H58FN5O10. The molecule has 2 aliphatic carbocycles. The van der Waals surface area contributed by atoms with Gasteiger partial charge in [0.25, 0.3) is 11.6 Å². The first-order valence-corrected chi connectivity index (χ1v) is 24.5. The fourth-order valence-corrected chi connectivity index (χ4v) is 10.5. The Kier molecular flexibility index (Phi) is 17.1. The molecule has 73 heavy (non-hydrogen) atoms. The van der Waals surface area contributed by atoms with E-state index in [0.29, 0.717) is 66.7 Å². The Morgan fingerprint density at radius 2 is 1.64 bits per heavy atom. The van der Waals surface area contributed by atoms with Gasteiger partial charge >= 0.3 is 6.09 Å². The lowest BCUT2D eigenvalue weighted by Crippen LogP contribution is -2.70. The number of rotatable bonds is 22. The van der Waals surface area contributed by atoms with Crippen LogP contribution in [0.25, 0.3) is 0 Å². The molecular weight excluding hydrogens is 934 g/mol. The molecule has 15 nitrogen and oxygen atoms in total. The highest BCUT2D eigenvalue weighted by Crippen LogP contribution is 2.62. The molecule has 0 spiro atoms. The van der Waals surface area contributed by atoms with Crippen molar-refractivity contribution in [2.45, 2.75) is 82.4 Å². The number of amides is 2. The number of fused-ring (bicyclic) bond motifs is 2. The Hall–Kier alpha value is -7.71. The number of nitro groups is 1. The first kappa shape index (κ1) is 51.6. The second kappa shape index (κ2) is 24.1. The van der Waals surface area contributed by atoms with Crippen LogP contribution in [0.15, 0.2) is 151 Å². The number of carbonyl (C=O) groups excluding carboxylic acids is 2. The van der Waals surface area contributed by atoms with Crippen molar-refractivity contribution in [1.82, 2.24) is 10.2 Å². The van der Waals surface area contributed by atoms with Gasteiger partial charge in [-0.3, -0.25) is 14.9 Å². The Morgan fingerprint density at radius 3 is 2.33 bits per heavy atom. The third kappa shape index (κ3) is 12.0. The van der Waals surface area contributed by atoms with Gasteiger partial charge in [0, 0.05) is 61.9 Å². The third-order valence-corrected chi connectivity index (χ3v) is 13.9. The number of aliphatic hydroxyl groups excluding tert-OH is 2. The summed E-state index contributed by atoms with van der Waals surface area (Å²) in [7, 11) is 0. The number of nitro benzene ring substituents is 1. The van der Waals surface area contributed by atoms with Crippen molar-refractivity contribution in [3.05, 3.63) is 195 Å². The van der Waals surface area contributed by atoms with Crippen molar-refractivity contribution in [3.8, 4) is 17.6 Å². The summed E-state index contributed by atoms with van der Waals surface area (Å²) >= 11 is 0. The number of nitrogens with zero attached hydrogens (tertiary/aromatic N) is 4. The average molecular weight is 992 g/mol. The van der Waals surface area contributed by atoms with E-state index in [9.17, 15) is 34.8 Å². The van der Waals surface area contributed by atoms with Gasteiger partial charge < -0.3 is 39.5 Å². The summed E-state index contributed by atoms with van der Waals surface area (Å²) in [5, 5.41) is 48.9. The van der Waals surface area contributed by atoms with Crippen molar-refractivity contribution in [3.63, 3.8) is 0 Å². The monoisotopic (exact) mass is 991 g/mol. The van der Waals surface area contributed by atoms with Crippen molar-refractivity contribution in [2.24, 2.45) is 22.9 Å². The molecule has 0 bridgehead atoms. The van der Waals surface area contributed by atoms with E-state index in [1.807, 2.05) is 36.4 Å². The minimum Gasteiger partial charge on any atom is -0.459 e. The van der Waals surface area contributed by atoms with Crippen LogP contribution in [-0.2, 0) is 29.3 Å². The van der Waals surface area contributed by atoms with Gasteiger partial charge in [-0.2, -0.15) is 5.26 Å². The summed E-state index contributed by atoms with van der Waals surface area (Å²) in [6.07, 6.45) is 6.95. The SMILES string of the molecule is C=CCO[C@@]12Oc3ccc(OC(=O)NCc4ccccc4)cc3[C@H]3[C@H](CCCCO)[C@@H](CCCCO)C=C(C(=NOCc4ccc([N+](=O)[O-])cc4)C[C@@H]1N(Cc1ccc(F)cc1)C(=O)c1ccc(C#N)cc1)[C@H]32. The van der Waals surface area contributed by atoms with Gasteiger partial charge in [-0.1, -0.05) is 72.6 Å².